The van der Waals surface area contributed by atoms with Crippen molar-refractivity contribution < 1.29 is 9.21 Å². The predicted molar refractivity (Wildman–Crippen MR) is 61.4 cm³/mol. The number of hydrogen-bond acceptors (Lipinski definition) is 3. The SMILES string of the molecule is Cc1ccoc1C(=O)N1CCNC(C)C1C. The lowest BCUT2D eigenvalue weighted by Crippen LogP contribution is -2.57. The van der Waals surface area contributed by atoms with E-state index in [0.29, 0.717) is 11.8 Å². The van der Waals surface area contributed by atoms with E-state index in [1.165, 1.54) is 0 Å². The summed E-state index contributed by atoms with van der Waals surface area (Å²) in [4.78, 5) is 14.1. The van der Waals surface area contributed by atoms with E-state index >= 15 is 0 Å². The van der Waals surface area contributed by atoms with Crippen molar-refractivity contribution in [2.75, 3.05) is 13.1 Å². The number of nitrogens with one attached hydrogen (secondary N) is 1. The van der Waals surface area contributed by atoms with Crippen LogP contribution in [0.1, 0.15) is 30.0 Å². The first-order chi connectivity index (χ1) is 7.61. The average Bonchev–Trinajstić information content (AvgIpc) is 2.68. The summed E-state index contributed by atoms with van der Waals surface area (Å²) in [6.45, 7) is 7.64. The van der Waals surface area contributed by atoms with Crippen LogP contribution in [0.4, 0.5) is 0 Å². The van der Waals surface area contributed by atoms with Crippen molar-refractivity contribution >= 4 is 5.91 Å². The maximum absolute atomic E-state index is 12.2. The summed E-state index contributed by atoms with van der Waals surface area (Å²) in [5.74, 6) is 0.476. The zero-order chi connectivity index (χ0) is 11.7. The molecule has 1 fully saturated rings. The Balaban J connectivity index is 2.18. The highest BCUT2D eigenvalue weighted by molar-refractivity contribution is 5.93. The molecule has 2 rings (SSSR count). The van der Waals surface area contributed by atoms with E-state index in [9.17, 15) is 4.79 Å². The second-order valence-electron chi connectivity index (χ2n) is 4.41. The molecule has 16 heavy (non-hydrogen) atoms. The molecule has 0 radical (unpaired) electrons. The first-order valence-electron chi connectivity index (χ1n) is 5.69. The molecule has 2 atom stereocenters. The van der Waals surface area contributed by atoms with Gasteiger partial charge in [0.05, 0.1) is 6.26 Å². The molecule has 1 aliphatic heterocycles. The summed E-state index contributed by atoms with van der Waals surface area (Å²) in [6.07, 6.45) is 1.57. The highest BCUT2D eigenvalue weighted by Gasteiger charge is 2.30. The summed E-state index contributed by atoms with van der Waals surface area (Å²) in [5.41, 5.74) is 0.906. The van der Waals surface area contributed by atoms with Gasteiger partial charge < -0.3 is 14.6 Å². The Hall–Kier alpha value is -1.29. The number of hydrogen-bond donors (Lipinski definition) is 1. The van der Waals surface area contributed by atoms with Gasteiger partial charge in [0.2, 0.25) is 0 Å². The lowest BCUT2D eigenvalue weighted by Gasteiger charge is -2.38. The van der Waals surface area contributed by atoms with Crippen molar-refractivity contribution in [2.45, 2.75) is 32.9 Å². The second-order valence-corrected chi connectivity index (χ2v) is 4.41. The molecule has 1 saturated heterocycles. The molecule has 0 saturated carbocycles. The largest absolute Gasteiger partial charge is 0.459 e. The third-order valence-electron chi connectivity index (χ3n) is 3.35. The van der Waals surface area contributed by atoms with Crippen molar-refractivity contribution in [1.29, 1.82) is 0 Å². The maximum atomic E-state index is 12.2. The first kappa shape index (κ1) is 11.2. The van der Waals surface area contributed by atoms with E-state index in [2.05, 4.69) is 19.2 Å². The molecule has 1 aliphatic rings. The fraction of sp³-hybridized carbons (Fsp3) is 0.583. The fourth-order valence-electron chi connectivity index (χ4n) is 2.07. The molecule has 0 spiro atoms. The normalized spacial score (nSPS) is 25.8. The van der Waals surface area contributed by atoms with Gasteiger partial charge >= 0.3 is 0 Å². The molecule has 1 aromatic rings. The molecule has 1 amide bonds. The van der Waals surface area contributed by atoms with Crippen LogP contribution in [0.15, 0.2) is 16.7 Å². The lowest BCUT2D eigenvalue weighted by molar-refractivity contribution is 0.0569. The molecule has 1 aromatic heterocycles. The van der Waals surface area contributed by atoms with Crippen LogP contribution in [-0.4, -0.2) is 36.0 Å². The molecule has 4 nitrogen and oxygen atoms in total. The molecule has 0 bridgehead atoms. The number of furan rings is 1. The Morgan fingerprint density at radius 3 is 2.94 bits per heavy atom. The summed E-state index contributed by atoms with van der Waals surface area (Å²) < 4.78 is 5.25. The molecule has 1 N–H and O–H groups in total. The highest BCUT2D eigenvalue weighted by Crippen LogP contribution is 2.16. The Kier molecular flexibility index (Phi) is 3.01. The minimum Gasteiger partial charge on any atom is -0.459 e. The number of piperazine rings is 1. The van der Waals surface area contributed by atoms with Crippen LogP contribution >= 0.6 is 0 Å². The minimum absolute atomic E-state index is 0.00310. The van der Waals surface area contributed by atoms with Crippen LogP contribution in [0.25, 0.3) is 0 Å². The Labute approximate surface area is 95.6 Å². The van der Waals surface area contributed by atoms with Gasteiger partial charge in [-0.1, -0.05) is 0 Å². The van der Waals surface area contributed by atoms with Gasteiger partial charge in [0.25, 0.3) is 5.91 Å². The van der Waals surface area contributed by atoms with Crippen LogP contribution in [0.2, 0.25) is 0 Å². The number of carbonyl (C=O) groups excluding carboxylic acids is 1. The average molecular weight is 222 g/mol. The number of carbonyl (C=O) groups is 1. The van der Waals surface area contributed by atoms with Crippen LogP contribution in [0.5, 0.6) is 0 Å². The maximum Gasteiger partial charge on any atom is 0.290 e. The van der Waals surface area contributed by atoms with Gasteiger partial charge in [-0.2, -0.15) is 0 Å². The van der Waals surface area contributed by atoms with E-state index in [1.54, 1.807) is 6.26 Å². The predicted octanol–water partition coefficient (Wildman–Crippen LogP) is 1.41. The second kappa shape index (κ2) is 4.29. The van der Waals surface area contributed by atoms with E-state index in [0.717, 1.165) is 18.7 Å². The number of amides is 1. The summed E-state index contributed by atoms with van der Waals surface area (Å²) in [6, 6.07) is 2.35. The van der Waals surface area contributed by atoms with Gasteiger partial charge in [-0.25, -0.2) is 0 Å². The number of nitrogens with zero attached hydrogens (tertiary/aromatic N) is 1. The standard InChI is InChI=1S/C12H18N2O2/c1-8-4-7-16-11(8)12(15)14-6-5-13-9(2)10(14)3/h4,7,9-10,13H,5-6H2,1-3H3. The Morgan fingerprint density at radius 2 is 2.31 bits per heavy atom. The van der Waals surface area contributed by atoms with Crippen LogP contribution in [0, 0.1) is 6.92 Å². The van der Waals surface area contributed by atoms with Crippen molar-refractivity contribution in [3.05, 3.63) is 23.7 Å². The summed E-state index contributed by atoms with van der Waals surface area (Å²) in [7, 11) is 0. The minimum atomic E-state index is 0.00310. The van der Waals surface area contributed by atoms with E-state index in [1.807, 2.05) is 17.9 Å². The van der Waals surface area contributed by atoms with Crippen LogP contribution < -0.4 is 5.32 Å². The van der Waals surface area contributed by atoms with Crippen molar-refractivity contribution in [3.8, 4) is 0 Å². The molecule has 2 heterocycles. The van der Waals surface area contributed by atoms with Gasteiger partial charge in [-0.05, 0) is 26.8 Å². The summed E-state index contributed by atoms with van der Waals surface area (Å²) in [5, 5.41) is 3.35. The number of rotatable bonds is 1. The van der Waals surface area contributed by atoms with Gasteiger partial charge in [0.15, 0.2) is 5.76 Å². The molecular weight excluding hydrogens is 204 g/mol. The zero-order valence-electron chi connectivity index (χ0n) is 9.99. The molecule has 2 unspecified atom stereocenters. The van der Waals surface area contributed by atoms with Crippen molar-refractivity contribution in [2.24, 2.45) is 0 Å². The quantitative estimate of drug-likeness (QED) is 0.781. The summed E-state index contributed by atoms with van der Waals surface area (Å²) >= 11 is 0. The van der Waals surface area contributed by atoms with Crippen LogP contribution in [0.3, 0.4) is 0 Å². The van der Waals surface area contributed by atoms with Gasteiger partial charge in [-0.3, -0.25) is 4.79 Å². The monoisotopic (exact) mass is 222 g/mol. The van der Waals surface area contributed by atoms with E-state index < -0.39 is 0 Å². The van der Waals surface area contributed by atoms with E-state index in [4.69, 9.17) is 4.42 Å². The topological polar surface area (TPSA) is 45.5 Å². The third kappa shape index (κ3) is 1.85. The van der Waals surface area contributed by atoms with Gasteiger partial charge in [-0.15, -0.1) is 0 Å². The van der Waals surface area contributed by atoms with Crippen LogP contribution in [-0.2, 0) is 0 Å². The lowest BCUT2D eigenvalue weighted by atomic mass is 10.1. The zero-order valence-corrected chi connectivity index (χ0v) is 9.99. The highest BCUT2D eigenvalue weighted by atomic mass is 16.3. The Bertz CT molecular complexity index is 386. The van der Waals surface area contributed by atoms with Crippen molar-refractivity contribution in [3.63, 3.8) is 0 Å². The molecule has 0 aliphatic carbocycles. The Morgan fingerprint density at radius 1 is 1.56 bits per heavy atom. The smallest absolute Gasteiger partial charge is 0.290 e. The van der Waals surface area contributed by atoms with Gasteiger partial charge in [0, 0.05) is 30.7 Å². The van der Waals surface area contributed by atoms with E-state index in [-0.39, 0.29) is 11.9 Å². The fourth-order valence-corrected chi connectivity index (χ4v) is 2.07. The molecule has 0 aromatic carbocycles. The molecule has 4 heteroatoms. The van der Waals surface area contributed by atoms with Gasteiger partial charge in [0.1, 0.15) is 0 Å². The van der Waals surface area contributed by atoms with Crippen molar-refractivity contribution in [1.82, 2.24) is 10.2 Å². The molecular formula is C12H18N2O2. The first-order valence-corrected chi connectivity index (χ1v) is 5.69. The number of aryl methyl sites for hydroxylation is 1. The molecule has 88 valence electrons. The third-order valence-corrected chi connectivity index (χ3v) is 3.35.